The molecule has 0 radical (unpaired) electrons. The molecule has 0 heterocycles. The summed E-state index contributed by atoms with van der Waals surface area (Å²) in [6.45, 7) is 8.24. The van der Waals surface area contributed by atoms with E-state index in [0.717, 1.165) is 6.42 Å². The van der Waals surface area contributed by atoms with Crippen LogP contribution in [0.5, 0.6) is 0 Å². The number of carboxylic acid groups (broad SMARTS) is 1. The van der Waals surface area contributed by atoms with Gasteiger partial charge in [-0.25, -0.2) is 13.2 Å². The Bertz CT molecular complexity index is 610. The third kappa shape index (κ3) is 4.04. The highest BCUT2D eigenvalue weighted by atomic mass is 32.2. The number of hydrogen-bond donors (Lipinski definition) is 1. The van der Waals surface area contributed by atoms with E-state index < -0.39 is 16.0 Å². The zero-order chi connectivity index (χ0) is 16.2. The van der Waals surface area contributed by atoms with Gasteiger partial charge in [-0.05, 0) is 30.5 Å². The molecule has 0 saturated heterocycles. The molecule has 0 aromatic heterocycles. The Morgan fingerprint density at radius 2 is 1.95 bits per heavy atom. The largest absolute Gasteiger partial charge is 0.478 e. The van der Waals surface area contributed by atoms with E-state index in [-0.39, 0.29) is 16.4 Å². The van der Waals surface area contributed by atoms with E-state index in [1.165, 1.54) is 22.5 Å². The molecule has 5 nitrogen and oxygen atoms in total. The van der Waals surface area contributed by atoms with Gasteiger partial charge in [0.1, 0.15) is 0 Å². The number of benzene rings is 1. The summed E-state index contributed by atoms with van der Waals surface area (Å²) in [5.41, 5.74) is 0.571. The van der Waals surface area contributed by atoms with Crippen molar-refractivity contribution in [2.75, 3.05) is 13.1 Å². The number of aromatic carboxylic acids is 1. The van der Waals surface area contributed by atoms with Gasteiger partial charge >= 0.3 is 5.97 Å². The zero-order valence-corrected chi connectivity index (χ0v) is 13.8. The second-order valence-corrected chi connectivity index (χ2v) is 7.19. The summed E-state index contributed by atoms with van der Waals surface area (Å²) in [6.07, 6.45) is 0.889. The second kappa shape index (κ2) is 7.04. The molecule has 1 N–H and O–H groups in total. The van der Waals surface area contributed by atoms with Crippen molar-refractivity contribution in [1.29, 1.82) is 0 Å². The van der Waals surface area contributed by atoms with Gasteiger partial charge in [-0.2, -0.15) is 4.31 Å². The van der Waals surface area contributed by atoms with E-state index in [0.29, 0.717) is 18.7 Å². The van der Waals surface area contributed by atoms with E-state index in [1.807, 2.05) is 13.8 Å². The SMILES string of the molecule is CCC(C)CN(CC)S(=O)(=O)c1ccc(C)c(C(=O)O)c1. The van der Waals surface area contributed by atoms with Crippen LogP contribution in [0.2, 0.25) is 0 Å². The summed E-state index contributed by atoms with van der Waals surface area (Å²) in [7, 11) is -3.66. The molecule has 0 amide bonds. The Balaban J connectivity index is 3.23. The molecule has 0 aliphatic heterocycles. The van der Waals surface area contributed by atoms with E-state index in [1.54, 1.807) is 13.8 Å². The summed E-state index contributed by atoms with van der Waals surface area (Å²) in [5.74, 6) is -0.862. The Hall–Kier alpha value is -1.40. The van der Waals surface area contributed by atoms with Gasteiger partial charge in [-0.15, -0.1) is 0 Å². The number of carboxylic acids is 1. The van der Waals surface area contributed by atoms with Gasteiger partial charge in [-0.1, -0.05) is 33.3 Å². The molecule has 0 fully saturated rings. The monoisotopic (exact) mass is 313 g/mol. The van der Waals surface area contributed by atoms with Crippen LogP contribution < -0.4 is 0 Å². The van der Waals surface area contributed by atoms with Gasteiger partial charge in [0.2, 0.25) is 10.0 Å². The average molecular weight is 313 g/mol. The molecule has 21 heavy (non-hydrogen) atoms. The lowest BCUT2D eigenvalue weighted by Gasteiger charge is -2.23. The van der Waals surface area contributed by atoms with E-state index >= 15 is 0 Å². The fourth-order valence-electron chi connectivity index (χ4n) is 2.01. The van der Waals surface area contributed by atoms with Crippen LogP contribution in [-0.4, -0.2) is 36.9 Å². The molecule has 6 heteroatoms. The highest BCUT2D eigenvalue weighted by molar-refractivity contribution is 7.89. The van der Waals surface area contributed by atoms with Gasteiger partial charge < -0.3 is 5.11 Å². The van der Waals surface area contributed by atoms with E-state index in [9.17, 15) is 13.2 Å². The first-order valence-corrected chi connectivity index (χ1v) is 8.52. The zero-order valence-electron chi connectivity index (χ0n) is 13.0. The van der Waals surface area contributed by atoms with Crippen molar-refractivity contribution in [3.8, 4) is 0 Å². The predicted molar refractivity (Wildman–Crippen MR) is 82.0 cm³/mol. The molecule has 0 saturated carbocycles. The van der Waals surface area contributed by atoms with Crippen LogP contribution in [0.4, 0.5) is 0 Å². The highest BCUT2D eigenvalue weighted by Crippen LogP contribution is 2.21. The quantitative estimate of drug-likeness (QED) is 0.840. The lowest BCUT2D eigenvalue weighted by Crippen LogP contribution is -2.34. The summed E-state index contributed by atoms with van der Waals surface area (Å²) in [4.78, 5) is 11.2. The maximum atomic E-state index is 12.6. The minimum absolute atomic E-state index is 0.0238. The number of aryl methyl sites for hydroxylation is 1. The fourth-order valence-corrected chi connectivity index (χ4v) is 3.61. The molecule has 1 aromatic rings. The third-order valence-corrected chi connectivity index (χ3v) is 5.58. The van der Waals surface area contributed by atoms with Crippen LogP contribution in [-0.2, 0) is 10.0 Å². The standard InChI is InChI=1S/C15H23NO4S/c1-5-11(3)10-16(6-2)21(19,20)13-8-7-12(4)14(9-13)15(17)18/h7-9,11H,5-6,10H2,1-4H3,(H,17,18). The Labute approximate surface area is 126 Å². The van der Waals surface area contributed by atoms with Crippen molar-refractivity contribution in [3.05, 3.63) is 29.3 Å². The molecule has 0 aliphatic rings. The number of sulfonamides is 1. The van der Waals surface area contributed by atoms with Crippen molar-refractivity contribution in [2.24, 2.45) is 5.92 Å². The maximum absolute atomic E-state index is 12.6. The first-order valence-electron chi connectivity index (χ1n) is 7.08. The third-order valence-electron chi connectivity index (χ3n) is 3.64. The van der Waals surface area contributed by atoms with Crippen LogP contribution >= 0.6 is 0 Å². The molecule has 1 aromatic carbocycles. The molecular formula is C15H23NO4S. The minimum atomic E-state index is -3.66. The molecule has 0 aliphatic carbocycles. The van der Waals surface area contributed by atoms with Crippen LogP contribution in [0, 0.1) is 12.8 Å². The van der Waals surface area contributed by atoms with E-state index in [2.05, 4.69) is 0 Å². The van der Waals surface area contributed by atoms with Crippen LogP contribution in [0.1, 0.15) is 43.1 Å². The molecule has 0 bridgehead atoms. The smallest absolute Gasteiger partial charge is 0.335 e. The van der Waals surface area contributed by atoms with Crippen LogP contribution in [0.25, 0.3) is 0 Å². The number of nitrogens with zero attached hydrogens (tertiary/aromatic N) is 1. The van der Waals surface area contributed by atoms with Crippen molar-refractivity contribution >= 4 is 16.0 Å². The van der Waals surface area contributed by atoms with Crippen molar-refractivity contribution in [3.63, 3.8) is 0 Å². The lowest BCUT2D eigenvalue weighted by molar-refractivity contribution is 0.0696. The Morgan fingerprint density at radius 3 is 2.43 bits per heavy atom. The topological polar surface area (TPSA) is 74.7 Å². The van der Waals surface area contributed by atoms with Gasteiger partial charge in [-0.3, -0.25) is 0 Å². The normalized spacial score (nSPS) is 13.4. The average Bonchev–Trinajstić information content (AvgIpc) is 2.43. The van der Waals surface area contributed by atoms with Crippen molar-refractivity contribution in [2.45, 2.75) is 39.0 Å². The number of hydrogen-bond acceptors (Lipinski definition) is 3. The Kier molecular flexibility index (Phi) is 5.92. The van der Waals surface area contributed by atoms with Crippen LogP contribution in [0.3, 0.4) is 0 Å². The van der Waals surface area contributed by atoms with Gasteiger partial charge in [0.15, 0.2) is 0 Å². The molecular weight excluding hydrogens is 290 g/mol. The molecule has 118 valence electrons. The van der Waals surface area contributed by atoms with Crippen molar-refractivity contribution in [1.82, 2.24) is 4.31 Å². The lowest BCUT2D eigenvalue weighted by atomic mass is 10.1. The number of rotatable bonds is 7. The minimum Gasteiger partial charge on any atom is -0.478 e. The van der Waals surface area contributed by atoms with Crippen molar-refractivity contribution < 1.29 is 18.3 Å². The molecule has 1 unspecified atom stereocenters. The summed E-state index contributed by atoms with van der Waals surface area (Å²) >= 11 is 0. The summed E-state index contributed by atoms with van der Waals surface area (Å²) in [6, 6.07) is 4.25. The Morgan fingerprint density at radius 1 is 1.33 bits per heavy atom. The first kappa shape index (κ1) is 17.7. The van der Waals surface area contributed by atoms with Gasteiger partial charge in [0, 0.05) is 13.1 Å². The van der Waals surface area contributed by atoms with Gasteiger partial charge in [0.25, 0.3) is 0 Å². The molecule has 1 rings (SSSR count). The summed E-state index contributed by atoms with van der Waals surface area (Å²) < 4.78 is 26.7. The van der Waals surface area contributed by atoms with Crippen LogP contribution in [0.15, 0.2) is 23.1 Å². The van der Waals surface area contributed by atoms with E-state index in [4.69, 9.17) is 5.11 Å². The molecule has 0 spiro atoms. The first-order chi connectivity index (χ1) is 9.73. The molecule has 1 atom stereocenters. The summed E-state index contributed by atoms with van der Waals surface area (Å²) in [5, 5.41) is 9.13. The number of carbonyl (C=O) groups is 1. The maximum Gasteiger partial charge on any atom is 0.335 e. The fraction of sp³-hybridized carbons (Fsp3) is 0.533. The second-order valence-electron chi connectivity index (χ2n) is 5.25. The highest BCUT2D eigenvalue weighted by Gasteiger charge is 2.25. The van der Waals surface area contributed by atoms with Gasteiger partial charge in [0.05, 0.1) is 10.5 Å². The predicted octanol–water partition coefficient (Wildman–Crippen LogP) is 2.75.